The lowest BCUT2D eigenvalue weighted by Crippen LogP contribution is -2.29. The standard InChI is InChI=1S/C15H20FN5/c1-10(16)14-6-11(7-19-15(14)17)12-8-20-21(9-12)13-2-4-18-5-3-13/h6-10,13,18H,2-5H2,1H3,(H2,17,19). The number of alkyl halides is 1. The average molecular weight is 289 g/mol. The van der Waals surface area contributed by atoms with Crippen LogP contribution in [0, 0.1) is 0 Å². The highest BCUT2D eigenvalue weighted by Crippen LogP contribution is 2.28. The van der Waals surface area contributed by atoms with Crippen LogP contribution < -0.4 is 11.1 Å². The molecule has 1 unspecified atom stereocenters. The molecule has 0 saturated carbocycles. The van der Waals surface area contributed by atoms with Crippen molar-refractivity contribution in [1.29, 1.82) is 0 Å². The SMILES string of the molecule is CC(F)c1cc(-c2cnn(C3CCNCC3)c2)cnc1N. The number of nitrogens with zero attached hydrogens (tertiary/aromatic N) is 3. The molecule has 2 aromatic rings. The van der Waals surface area contributed by atoms with Crippen LogP contribution in [0.2, 0.25) is 0 Å². The van der Waals surface area contributed by atoms with Gasteiger partial charge in [-0.25, -0.2) is 9.37 Å². The molecule has 1 saturated heterocycles. The molecule has 112 valence electrons. The van der Waals surface area contributed by atoms with Gasteiger partial charge in [0.25, 0.3) is 0 Å². The number of nitrogens with two attached hydrogens (primary N) is 1. The quantitative estimate of drug-likeness (QED) is 0.911. The molecule has 3 heterocycles. The monoisotopic (exact) mass is 289 g/mol. The number of nitrogen functional groups attached to an aromatic ring is 1. The molecule has 0 bridgehead atoms. The van der Waals surface area contributed by atoms with Crippen LogP contribution in [-0.4, -0.2) is 27.9 Å². The Hall–Kier alpha value is -1.95. The molecule has 0 amide bonds. The number of aromatic nitrogens is 3. The molecule has 5 nitrogen and oxygen atoms in total. The Labute approximate surface area is 123 Å². The molecule has 1 aliphatic rings. The molecule has 1 aliphatic heterocycles. The molecule has 1 fully saturated rings. The minimum absolute atomic E-state index is 0.250. The van der Waals surface area contributed by atoms with Gasteiger partial charge in [0.2, 0.25) is 0 Å². The van der Waals surface area contributed by atoms with Crippen LogP contribution in [0.15, 0.2) is 24.7 Å². The molecule has 3 rings (SSSR count). The van der Waals surface area contributed by atoms with Crippen molar-refractivity contribution in [3.8, 4) is 11.1 Å². The Morgan fingerprint density at radius 2 is 2.10 bits per heavy atom. The first-order valence-corrected chi connectivity index (χ1v) is 7.30. The summed E-state index contributed by atoms with van der Waals surface area (Å²) in [5.74, 6) is 0.250. The largest absolute Gasteiger partial charge is 0.383 e. The summed E-state index contributed by atoms with van der Waals surface area (Å²) in [7, 11) is 0. The summed E-state index contributed by atoms with van der Waals surface area (Å²) in [6.07, 6.45) is 6.52. The van der Waals surface area contributed by atoms with Crippen molar-refractivity contribution < 1.29 is 4.39 Å². The Morgan fingerprint density at radius 1 is 1.33 bits per heavy atom. The second kappa shape index (κ2) is 5.81. The molecular formula is C15H20FN5. The molecule has 0 aromatic carbocycles. The van der Waals surface area contributed by atoms with Gasteiger partial charge in [0.15, 0.2) is 0 Å². The smallest absolute Gasteiger partial charge is 0.129 e. The number of piperidine rings is 1. The van der Waals surface area contributed by atoms with Gasteiger partial charge >= 0.3 is 0 Å². The molecule has 2 aromatic heterocycles. The van der Waals surface area contributed by atoms with Crippen LogP contribution in [-0.2, 0) is 0 Å². The Kier molecular flexibility index (Phi) is 3.88. The van der Waals surface area contributed by atoms with Crippen LogP contribution in [0.25, 0.3) is 11.1 Å². The van der Waals surface area contributed by atoms with E-state index < -0.39 is 6.17 Å². The van der Waals surface area contributed by atoms with Crippen LogP contribution >= 0.6 is 0 Å². The first-order chi connectivity index (χ1) is 10.1. The lowest BCUT2D eigenvalue weighted by Gasteiger charge is -2.22. The van der Waals surface area contributed by atoms with E-state index in [1.807, 2.05) is 17.1 Å². The molecule has 0 aliphatic carbocycles. The molecule has 0 spiro atoms. The predicted molar refractivity (Wildman–Crippen MR) is 80.5 cm³/mol. The second-order valence-corrected chi connectivity index (χ2v) is 5.50. The second-order valence-electron chi connectivity index (χ2n) is 5.50. The Morgan fingerprint density at radius 3 is 2.81 bits per heavy atom. The van der Waals surface area contributed by atoms with Crippen molar-refractivity contribution in [1.82, 2.24) is 20.1 Å². The normalized spacial score (nSPS) is 17.8. The van der Waals surface area contributed by atoms with E-state index in [2.05, 4.69) is 15.4 Å². The van der Waals surface area contributed by atoms with E-state index in [1.165, 1.54) is 6.92 Å². The summed E-state index contributed by atoms with van der Waals surface area (Å²) in [6.45, 7) is 3.51. The van der Waals surface area contributed by atoms with E-state index in [9.17, 15) is 4.39 Å². The van der Waals surface area contributed by atoms with Crippen LogP contribution in [0.3, 0.4) is 0 Å². The fraction of sp³-hybridized carbons (Fsp3) is 0.467. The summed E-state index contributed by atoms with van der Waals surface area (Å²) >= 11 is 0. The van der Waals surface area contributed by atoms with Gasteiger partial charge in [0.1, 0.15) is 12.0 Å². The first-order valence-electron chi connectivity index (χ1n) is 7.30. The summed E-state index contributed by atoms with van der Waals surface area (Å²) in [5, 5.41) is 7.79. The summed E-state index contributed by atoms with van der Waals surface area (Å²) < 4.78 is 15.5. The lowest BCUT2D eigenvalue weighted by molar-refractivity contribution is 0.343. The van der Waals surface area contributed by atoms with Gasteiger partial charge in [0, 0.05) is 29.1 Å². The maximum Gasteiger partial charge on any atom is 0.129 e. The molecular weight excluding hydrogens is 269 g/mol. The summed E-state index contributed by atoms with van der Waals surface area (Å²) in [5.41, 5.74) is 7.94. The highest BCUT2D eigenvalue weighted by atomic mass is 19.1. The number of nitrogens with one attached hydrogen (secondary N) is 1. The van der Waals surface area contributed by atoms with Gasteiger partial charge in [-0.2, -0.15) is 5.10 Å². The van der Waals surface area contributed by atoms with Crippen molar-refractivity contribution in [3.63, 3.8) is 0 Å². The first kappa shape index (κ1) is 14.0. The van der Waals surface area contributed by atoms with Gasteiger partial charge in [0.05, 0.1) is 12.2 Å². The molecule has 21 heavy (non-hydrogen) atoms. The van der Waals surface area contributed by atoms with E-state index >= 15 is 0 Å². The number of halogens is 1. The topological polar surface area (TPSA) is 68.8 Å². The number of pyridine rings is 1. The van der Waals surface area contributed by atoms with Gasteiger partial charge < -0.3 is 11.1 Å². The third-order valence-electron chi connectivity index (χ3n) is 4.00. The van der Waals surface area contributed by atoms with Gasteiger partial charge in [-0.05, 0) is 38.9 Å². The van der Waals surface area contributed by atoms with Crippen LogP contribution in [0.1, 0.15) is 37.5 Å². The zero-order valence-corrected chi connectivity index (χ0v) is 12.1. The fourth-order valence-corrected chi connectivity index (χ4v) is 2.73. The van der Waals surface area contributed by atoms with E-state index in [-0.39, 0.29) is 5.82 Å². The van der Waals surface area contributed by atoms with Crippen molar-refractivity contribution >= 4 is 5.82 Å². The van der Waals surface area contributed by atoms with Crippen molar-refractivity contribution in [2.24, 2.45) is 0 Å². The molecule has 3 N–H and O–H groups in total. The highest BCUT2D eigenvalue weighted by Gasteiger charge is 2.17. The number of hydrogen-bond acceptors (Lipinski definition) is 4. The Balaban J connectivity index is 1.87. The number of anilines is 1. The van der Waals surface area contributed by atoms with E-state index in [0.717, 1.165) is 37.1 Å². The van der Waals surface area contributed by atoms with Crippen molar-refractivity contribution in [2.75, 3.05) is 18.8 Å². The van der Waals surface area contributed by atoms with E-state index in [1.54, 1.807) is 12.3 Å². The van der Waals surface area contributed by atoms with Gasteiger partial charge in [-0.1, -0.05) is 0 Å². The minimum Gasteiger partial charge on any atom is -0.383 e. The lowest BCUT2D eigenvalue weighted by atomic mass is 10.1. The van der Waals surface area contributed by atoms with E-state index in [0.29, 0.717) is 11.6 Å². The third-order valence-corrected chi connectivity index (χ3v) is 4.00. The Bertz CT molecular complexity index is 616. The zero-order valence-electron chi connectivity index (χ0n) is 12.1. The maximum atomic E-state index is 13.5. The van der Waals surface area contributed by atoms with Crippen LogP contribution in [0.5, 0.6) is 0 Å². The minimum atomic E-state index is -1.13. The van der Waals surface area contributed by atoms with Gasteiger partial charge in [-0.3, -0.25) is 4.68 Å². The number of hydrogen-bond donors (Lipinski definition) is 2. The fourth-order valence-electron chi connectivity index (χ4n) is 2.73. The van der Waals surface area contributed by atoms with Crippen molar-refractivity contribution in [3.05, 3.63) is 30.2 Å². The number of rotatable bonds is 3. The van der Waals surface area contributed by atoms with Crippen molar-refractivity contribution in [2.45, 2.75) is 32.0 Å². The third kappa shape index (κ3) is 2.90. The molecule has 0 radical (unpaired) electrons. The van der Waals surface area contributed by atoms with Gasteiger partial charge in [-0.15, -0.1) is 0 Å². The predicted octanol–water partition coefficient (Wildman–Crippen LogP) is 2.48. The zero-order chi connectivity index (χ0) is 14.8. The summed E-state index contributed by atoms with van der Waals surface area (Å²) in [4.78, 5) is 4.09. The summed E-state index contributed by atoms with van der Waals surface area (Å²) in [6, 6.07) is 2.19. The highest BCUT2D eigenvalue weighted by molar-refractivity contribution is 5.64. The maximum absolute atomic E-state index is 13.5. The van der Waals surface area contributed by atoms with Crippen LogP contribution in [0.4, 0.5) is 10.2 Å². The van der Waals surface area contributed by atoms with E-state index in [4.69, 9.17) is 5.73 Å². The average Bonchev–Trinajstić information content (AvgIpc) is 2.98. The molecule has 1 atom stereocenters. The molecule has 6 heteroatoms.